The van der Waals surface area contributed by atoms with Gasteiger partial charge in [0, 0.05) is 12.5 Å². The number of hydrogen-bond donors (Lipinski definition) is 2. The van der Waals surface area contributed by atoms with E-state index in [0.29, 0.717) is 24.2 Å². The van der Waals surface area contributed by atoms with Crippen LogP contribution in [0.4, 0.5) is 5.69 Å². The quantitative estimate of drug-likeness (QED) is 0.826. The Bertz CT molecular complexity index is 998. The number of amides is 3. The lowest BCUT2D eigenvalue weighted by Gasteiger charge is -2.25. The smallest absolute Gasteiger partial charge is 0.256 e. The van der Waals surface area contributed by atoms with Crippen LogP contribution in [0.1, 0.15) is 42.5 Å². The third kappa shape index (κ3) is 3.26. The van der Waals surface area contributed by atoms with Gasteiger partial charge in [0.25, 0.3) is 5.91 Å². The molecular formula is C24H25N3O3. The lowest BCUT2D eigenvalue weighted by molar-refractivity contribution is -0.126. The van der Waals surface area contributed by atoms with Crippen molar-refractivity contribution in [3.8, 4) is 11.1 Å². The second-order valence-electron chi connectivity index (χ2n) is 8.44. The van der Waals surface area contributed by atoms with E-state index < -0.39 is 6.04 Å². The highest BCUT2D eigenvalue weighted by Gasteiger charge is 2.45. The molecule has 1 saturated carbocycles. The van der Waals surface area contributed by atoms with Crippen LogP contribution in [0.15, 0.2) is 48.5 Å². The fraction of sp³-hybridized carbons (Fsp3) is 0.375. The van der Waals surface area contributed by atoms with E-state index in [1.165, 1.54) is 0 Å². The topological polar surface area (TPSA) is 78.5 Å². The third-order valence-corrected chi connectivity index (χ3v) is 6.60. The van der Waals surface area contributed by atoms with Crippen molar-refractivity contribution in [1.82, 2.24) is 10.2 Å². The predicted octanol–water partition coefficient (Wildman–Crippen LogP) is 3.20. The van der Waals surface area contributed by atoms with Gasteiger partial charge >= 0.3 is 0 Å². The van der Waals surface area contributed by atoms with Crippen molar-refractivity contribution in [2.75, 3.05) is 11.9 Å². The van der Waals surface area contributed by atoms with Gasteiger partial charge in [-0.1, -0.05) is 49.2 Å². The van der Waals surface area contributed by atoms with E-state index >= 15 is 0 Å². The van der Waals surface area contributed by atoms with Crippen LogP contribution in [0.25, 0.3) is 11.1 Å². The van der Waals surface area contributed by atoms with Crippen molar-refractivity contribution in [3.63, 3.8) is 0 Å². The summed E-state index contributed by atoms with van der Waals surface area (Å²) < 4.78 is 0. The molecule has 5 rings (SSSR count). The van der Waals surface area contributed by atoms with Gasteiger partial charge in [-0.3, -0.25) is 14.4 Å². The fourth-order valence-electron chi connectivity index (χ4n) is 4.99. The molecule has 30 heavy (non-hydrogen) atoms. The first-order valence-electron chi connectivity index (χ1n) is 10.7. The number of rotatable bonds is 3. The zero-order valence-corrected chi connectivity index (χ0v) is 16.8. The summed E-state index contributed by atoms with van der Waals surface area (Å²) in [5.41, 5.74) is 2.97. The summed E-state index contributed by atoms with van der Waals surface area (Å²) in [7, 11) is 0. The van der Waals surface area contributed by atoms with Crippen LogP contribution >= 0.6 is 0 Å². The molecule has 0 radical (unpaired) electrons. The van der Waals surface area contributed by atoms with Crippen molar-refractivity contribution < 1.29 is 14.4 Å². The van der Waals surface area contributed by atoms with Gasteiger partial charge in [0.05, 0.1) is 17.3 Å². The average Bonchev–Trinajstić information content (AvgIpc) is 3.42. The molecule has 6 nitrogen and oxygen atoms in total. The first-order valence-corrected chi connectivity index (χ1v) is 10.7. The maximum absolute atomic E-state index is 13.4. The van der Waals surface area contributed by atoms with Crippen LogP contribution in [0.5, 0.6) is 0 Å². The zero-order valence-electron chi connectivity index (χ0n) is 16.8. The van der Waals surface area contributed by atoms with Crippen molar-refractivity contribution >= 4 is 23.4 Å². The summed E-state index contributed by atoms with van der Waals surface area (Å²) in [5, 5.41) is 5.99. The Morgan fingerprint density at radius 2 is 1.73 bits per heavy atom. The summed E-state index contributed by atoms with van der Waals surface area (Å²) in [4.78, 5) is 40.6. The first kappa shape index (κ1) is 18.9. The molecule has 2 aromatic rings. The summed E-state index contributed by atoms with van der Waals surface area (Å²) in [5.74, 6) is -0.338. The Kier molecular flexibility index (Phi) is 4.77. The van der Waals surface area contributed by atoms with E-state index in [-0.39, 0.29) is 29.7 Å². The molecule has 2 aromatic carbocycles. The normalized spacial score (nSPS) is 23.5. The van der Waals surface area contributed by atoms with Crippen molar-refractivity contribution in [3.05, 3.63) is 54.1 Å². The molecule has 2 unspecified atom stereocenters. The molecule has 2 heterocycles. The van der Waals surface area contributed by atoms with E-state index in [0.717, 1.165) is 36.8 Å². The molecule has 2 aliphatic heterocycles. The molecule has 2 N–H and O–H groups in total. The van der Waals surface area contributed by atoms with E-state index in [4.69, 9.17) is 0 Å². The van der Waals surface area contributed by atoms with Crippen LogP contribution in [0.2, 0.25) is 0 Å². The minimum atomic E-state index is -0.671. The Morgan fingerprint density at radius 3 is 2.50 bits per heavy atom. The van der Waals surface area contributed by atoms with Gasteiger partial charge in [0.15, 0.2) is 0 Å². The molecule has 2 fully saturated rings. The molecule has 0 bridgehead atoms. The molecule has 2 atom stereocenters. The van der Waals surface area contributed by atoms with E-state index in [1.54, 1.807) is 11.0 Å². The highest BCUT2D eigenvalue weighted by atomic mass is 16.2. The molecule has 154 valence electrons. The summed E-state index contributed by atoms with van der Waals surface area (Å²) >= 11 is 0. The lowest BCUT2D eigenvalue weighted by atomic mass is 10.0. The average molecular weight is 403 g/mol. The third-order valence-electron chi connectivity index (χ3n) is 6.60. The fourth-order valence-corrected chi connectivity index (χ4v) is 4.99. The van der Waals surface area contributed by atoms with Crippen LogP contribution < -0.4 is 10.6 Å². The van der Waals surface area contributed by atoms with Gasteiger partial charge in [0.2, 0.25) is 11.8 Å². The number of nitrogens with one attached hydrogen (secondary N) is 2. The number of nitrogens with zero attached hydrogens (tertiary/aromatic N) is 1. The monoisotopic (exact) mass is 403 g/mol. The number of hydrogen-bond acceptors (Lipinski definition) is 3. The number of carbonyl (C=O) groups excluding carboxylic acids is 3. The summed E-state index contributed by atoms with van der Waals surface area (Å²) in [6, 6.07) is 14.4. The standard InChI is InChI=1S/C24H25N3O3/c28-22(16-8-4-5-9-16)26-20-12-13-27-21(20)23(29)25-19-11-10-17(14-18(19)24(27)30)15-6-2-1-3-7-15/h1-3,6-7,10-11,14,16,20-21H,4-5,8-9,12-13H2,(H,25,29)(H,26,28). The summed E-state index contributed by atoms with van der Waals surface area (Å²) in [6.45, 7) is 0.460. The van der Waals surface area contributed by atoms with Crippen LogP contribution in [0.3, 0.4) is 0 Å². The Labute approximate surface area is 175 Å². The molecule has 0 aromatic heterocycles. The van der Waals surface area contributed by atoms with Gasteiger partial charge < -0.3 is 15.5 Å². The van der Waals surface area contributed by atoms with Crippen molar-refractivity contribution in [2.45, 2.75) is 44.2 Å². The van der Waals surface area contributed by atoms with Crippen LogP contribution in [0, 0.1) is 5.92 Å². The number of benzene rings is 2. The first-order chi connectivity index (χ1) is 14.6. The van der Waals surface area contributed by atoms with E-state index in [2.05, 4.69) is 10.6 Å². The maximum atomic E-state index is 13.4. The Hall–Kier alpha value is -3.15. The molecule has 6 heteroatoms. The van der Waals surface area contributed by atoms with Gasteiger partial charge in [-0.15, -0.1) is 0 Å². The SMILES string of the molecule is O=C(NC1CCN2C(=O)c3cc(-c4ccccc4)ccc3NC(=O)C12)C1CCCC1. The van der Waals surface area contributed by atoms with Gasteiger partial charge in [-0.05, 0) is 42.5 Å². The second kappa shape index (κ2) is 7.59. The zero-order chi connectivity index (χ0) is 20.7. The molecular weight excluding hydrogens is 378 g/mol. The van der Waals surface area contributed by atoms with Crippen LogP contribution in [-0.2, 0) is 9.59 Å². The second-order valence-corrected chi connectivity index (χ2v) is 8.44. The number of carbonyl (C=O) groups is 3. The predicted molar refractivity (Wildman–Crippen MR) is 114 cm³/mol. The molecule has 1 saturated heterocycles. The molecule has 3 aliphatic rings. The van der Waals surface area contributed by atoms with Gasteiger partial charge in [-0.2, -0.15) is 0 Å². The van der Waals surface area contributed by atoms with Gasteiger partial charge in [-0.25, -0.2) is 0 Å². The Morgan fingerprint density at radius 1 is 0.967 bits per heavy atom. The Balaban J connectivity index is 1.41. The highest BCUT2D eigenvalue weighted by molar-refractivity contribution is 6.11. The minimum Gasteiger partial charge on any atom is -0.350 e. The molecule has 0 spiro atoms. The highest BCUT2D eigenvalue weighted by Crippen LogP contribution is 2.33. The lowest BCUT2D eigenvalue weighted by Crippen LogP contribution is -2.52. The van der Waals surface area contributed by atoms with Crippen LogP contribution in [-0.4, -0.2) is 41.2 Å². The number of fused-ring (bicyclic) bond motifs is 2. The minimum absolute atomic E-state index is 0.0210. The van der Waals surface area contributed by atoms with Crippen molar-refractivity contribution in [1.29, 1.82) is 0 Å². The molecule has 3 amide bonds. The summed E-state index contributed by atoms with van der Waals surface area (Å²) in [6.07, 6.45) is 4.57. The number of anilines is 1. The maximum Gasteiger partial charge on any atom is 0.256 e. The van der Waals surface area contributed by atoms with E-state index in [9.17, 15) is 14.4 Å². The van der Waals surface area contributed by atoms with Crippen molar-refractivity contribution in [2.24, 2.45) is 5.92 Å². The molecule has 1 aliphatic carbocycles. The largest absolute Gasteiger partial charge is 0.350 e. The van der Waals surface area contributed by atoms with Gasteiger partial charge in [0.1, 0.15) is 6.04 Å². The van der Waals surface area contributed by atoms with E-state index in [1.807, 2.05) is 42.5 Å².